The smallest absolute Gasteiger partial charge is 0.0931 e. The third kappa shape index (κ3) is 8.20. The van der Waals surface area contributed by atoms with Crippen molar-refractivity contribution in [3.63, 3.8) is 0 Å². The summed E-state index contributed by atoms with van der Waals surface area (Å²) in [6.07, 6.45) is 16.9. The van der Waals surface area contributed by atoms with Gasteiger partial charge in [-0.1, -0.05) is 73.6 Å². The Morgan fingerprint density at radius 2 is 1.47 bits per heavy atom. The normalized spacial score (nSPS) is 22.6. The van der Waals surface area contributed by atoms with Crippen LogP contribution in [0.3, 0.4) is 0 Å². The molecule has 100 valence electrons. The molecule has 0 radical (unpaired) electrons. The van der Waals surface area contributed by atoms with Gasteiger partial charge in [-0.25, -0.2) is 0 Å². The van der Waals surface area contributed by atoms with E-state index in [1.165, 1.54) is 68.6 Å². The van der Waals surface area contributed by atoms with Crippen LogP contribution in [0.2, 0.25) is 0 Å². The van der Waals surface area contributed by atoms with Gasteiger partial charge in [-0.3, -0.25) is 0 Å². The van der Waals surface area contributed by atoms with Crippen LogP contribution in [0.4, 0.5) is 0 Å². The summed E-state index contributed by atoms with van der Waals surface area (Å²) in [7, 11) is 0. The molecule has 1 aliphatic rings. The van der Waals surface area contributed by atoms with Crippen molar-refractivity contribution in [1.29, 1.82) is 0 Å². The second kappa shape index (κ2) is 10.4. The van der Waals surface area contributed by atoms with E-state index in [9.17, 15) is 0 Å². The number of hydrogen-bond acceptors (Lipinski definition) is 1. The van der Waals surface area contributed by atoms with E-state index in [0.29, 0.717) is 12.2 Å². The summed E-state index contributed by atoms with van der Waals surface area (Å²) in [5.41, 5.74) is 0. The molecule has 2 heteroatoms. The molecule has 0 aliphatic carbocycles. The first kappa shape index (κ1) is 15.5. The number of ether oxygens (including phenoxy) is 1. The molecular weight excluding hydrogens is 323 g/mol. The lowest BCUT2D eigenvalue weighted by Gasteiger charge is -2.01. The topological polar surface area (TPSA) is 12.5 Å². The predicted octanol–water partition coefficient (Wildman–Crippen LogP) is 5.28. The van der Waals surface area contributed by atoms with Crippen molar-refractivity contribution in [1.82, 2.24) is 0 Å². The van der Waals surface area contributed by atoms with Crippen LogP contribution in [0.1, 0.15) is 64.2 Å². The summed E-state index contributed by atoms with van der Waals surface area (Å²) in [5, 5.41) is 0. The molecule has 0 saturated carbocycles. The third-order valence-corrected chi connectivity index (χ3v) is 4.35. The third-order valence-electron chi connectivity index (χ3n) is 3.49. The Balaban J connectivity index is 1.69. The maximum absolute atomic E-state index is 5.53. The van der Waals surface area contributed by atoms with Crippen LogP contribution < -0.4 is 0 Å². The van der Waals surface area contributed by atoms with Gasteiger partial charge in [0.25, 0.3) is 0 Å². The Bertz CT molecular complexity index is 193. The van der Waals surface area contributed by atoms with Gasteiger partial charge in [0.1, 0.15) is 0 Å². The van der Waals surface area contributed by atoms with Gasteiger partial charge in [-0.2, -0.15) is 0 Å². The number of unbranched alkanes of at least 4 members (excludes halogenated alkanes) is 8. The fourth-order valence-electron chi connectivity index (χ4n) is 2.26. The minimum atomic E-state index is 0.598. The lowest BCUT2D eigenvalue weighted by atomic mass is 10.1. The van der Waals surface area contributed by atoms with Crippen molar-refractivity contribution in [3.05, 3.63) is 12.7 Å². The first-order valence-electron chi connectivity index (χ1n) is 7.20. The summed E-state index contributed by atoms with van der Waals surface area (Å²) in [4.78, 5) is 0. The predicted molar refractivity (Wildman–Crippen MR) is 83.9 cm³/mol. The maximum atomic E-state index is 5.53. The molecule has 17 heavy (non-hydrogen) atoms. The quantitative estimate of drug-likeness (QED) is 0.153. The van der Waals surface area contributed by atoms with E-state index in [4.69, 9.17) is 4.74 Å². The van der Waals surface area contributed by atoms with E-state index in [1.807, 2.05) is 6.08 Å². The fourth-order valence-corrected chi connectivity index (χ4v) is 3.04. The summed E-state index contributed by atoms with van der Waals surface area (Å²) in [6, 6.07) is 0. The number of allylic oxidation sites excluding steroid dienone is 1. The maximum Gasteiger partial charge on any atom is 0.0931 e. The van der Waals surface area contributed by atoms with Crippen molar-refractivity contribution < 1.29 is 4.74 Å². The number of alkyl halides is 1. The highest BCUT2D eigenvalue weighted by atomic mass is 127. The molecule has 0 aromatic rings. The number of halogens is 1. The van der Waals surface area contributed by atoms with Crippen LogP contribution in [-0.2, 0) is 4.74 Å². The lowest BCUT2D eigenvalue weighted by Crippen LogP contribution is -1.94. The summed E-state index contributed by atoms with van der Waals surface area (Å²) < 4.78 is 6.71. The van der Waals surface area contributed by atoms with E-state index in [-0.39, 0.29) is 0 Å². The average Bonchev–Trinajstić information content (AvgIpc) is 3.10. The van der Waals surface area contributed by atoms with Crippen LogP contribution in [0.5, 0.6) is 0 Å². The average molecular weight is 350 g/mol. The van der Waals surface area contributed by atoms with Crippen LogP contribution in [0.25, 0.3) is 0 Å². The minimum Gasteiger partial charge on any atom is -0.369 e. The molecule has 0 bridgehead atoms. The Hall–Kier alpha value is 0.430. The molecule has 1 fully saturated rings. The number of epoxide rings is 1. The summed E-state index contributed by atoms with van der Waals surface area (Å²) >= 11 is 2.42. The molecule has 1 saturated heterocycles. The van der Waals surface area contributed by atoms with E-state index < -0.39 is 0 Å². The zero-order valence-electron chi connectivity index (χ0n) is 11.0. The molecule has 1 heterocycles. The van der Waals surface area contributed by atoms with Gasteiger partial charge in [0, 0.05) is 4.43 Å². The Morgan fingerprint density at radius 3 is 2.00 bits per heavy atom. The second-order valence-electron chi connectivity index (χ2n) is 5.06. The zero-order chi connectivity index (χ0) is 12.3. The zero-order valence-corrected chi connectivity index (χ0v) is 13.2. The largest absolute Gasteiger partial charge is 0.369 e. The monoisotopic (exact) mass is 350 g/mol. The highest BCUT2D eigenvalue weighted by Crippen LogP contribution is 2.28. The molecular formula is C15H27IO. The van der Waals surface area contributed by atoms with E-state index in [0.717, 1.165) is 0 Å². The molecule has 2 atom stereocenters. The van der Waals surface area contributed by atoms with Crippen molar-refractivity contribution in [3.8, 4) is 0 Å². The molecule has 1 rings (SSSR count). The number of hydrogen-bond donors (Lipinski definition) is 0. The summed E-state index contributed by atoms with van der Waals surface area (Å²) in [5.74, 6) is 0. The lowest BCUT2D eigenvalue weighted by molar-refractivity contribution is 0.366. The SMILES string of the molecule is C=CCCCCCCCCCC[C@H]1O[C@H]1CI. The Kier molecular flexibility index (Phi) is 9.44. The van der Waals surface area contributed by atoms with E-state index in [1.54, 1.807) is 0 Å². The molecule has 0 N–H and O–H groups in total. The van der Waals surface area contributed by atoms with Gasteiger partial charge in [0.2, 0.25) is 0 Å². The molecule has 0 spiro atoms. The molecule has 0 unspecified atom stereocenters. The van der Waals surface area contributed by atoms with Crippen molar-refractivity contribution in [2.45, 2.75) is 76.4 Å². The molecule has 1 nitrogen and oxygen atoms in total. The van der Waals surface area contributed by atoms with E-state index >= 15 is 0 Å². The van der Waals surface area contributed by atoms with E-state index in [2.05, 4.69) is 29.2 Å². The van der Waals surface area contributed by atoms with Crippen LogP contribution >= 0.6 is 22.6 Å². The van der Waals surface area contributed by atoms with Gasteiger partial charge in [0.05, 0.1) is 12.2 Å². The van der Waals surface area contributed by atoms with Crippen LogP contribution in [0.15, 0.2) is 12.7 Å². The highest BCUT2D eigenvalue weighted by molar-refractivity contribution is 14.1. The molecule has 1 aliphatic heterocycles. The van der Waals surface area contributed by atoms with Crippen LogP contribution in [-0.4, -0.2) is 16.6 Å². The summed E-state index contributed by atoms with van der Waals surface area (Å²) in [6.45, 7) is 3.75. The first-order valence-corrected chi connectivity index (χ1v) is 8.73. The Labute approximate surface area is 121 Å². The highest BCUT2D eigenvalue weighted by Gasteiger charge is 2.36. The van der Waals surface area contributed by atoms with Gasteiger partial charge in [-0.05, 0) is 19.3 Å². The second-order valence-corrected chi connectivity index (χ2v) is 5.94. The minimum absolute atomic E-state index is 0.598. The molecule has 0 aromatic carbocycles. The van der Waals surface area contributed by atoms with Gasteiger partial charge in [0.15, 0.2) is 0 Å². The fraction of sp³-hybridized carbons (Fsp3) is 0.867. The standard InChI is InChI=1S/C15H27IO/c1-2-3-4-5-6-7-8-9-10-11-12-14-15(13-16)17-14/h2,14-15H,1,3-13H2/t14-,15+/m1/s1. The van der Waals surface area contributed by atoms with Gasteiger partial charge >= 0.3 is 0 Å². The Morgan fingerprint density at radius 1 is 0.882 bits per heavy atom. The van der Waals surface area contributed by atoms with Gasteiger partial charge < -0.3 is 4.74 Å². The number of rotatable bonds is 12. The van der Waals surface area contributed by atoms with Crippen molar-refractivity contribution in [2.24, 2.45) is 0 Å². The van der Waals surface area contributed by atoms with Gasteiger partial charge in [-0.15, -0.1) is 6.58 Å². The molecule has 0 aromatic heterocycles. The van der Waals surface area contributed by atoms with Crippen LogP contribution in [0, 0.1) is 0 Å². The first-order chi connectivity index (χ1) is 8.38. The molecule has 0 amide bonds. The van der Waals surface area contributed by atoms with Crippen molar-refractivity contribution >= 4 is 22.6 Å². The van der Waals surface area contributed by atoms with Crippen molar-refractivity contribution in [2.75, 3.05) is 4.43 Å².